The predicted octanol–water partition coefficient (Wildman–Crippen LogP) is 6.09. The minimum atomic E-state index is 0.675. The molecule has 0 N–H and O–H groups in total. The molecule has 0 saturated carbocycles. The first-order valence-corrected chi connectivity index (χ1v) is 11.6. The first kappa shape index (κ1) is 20.8. The number of rotatable bonds is 5. The van der Waals surface area contributed by atoms with Crippen molar-refractivity contribution in [1.29, 1.82) is 0 Å². The van der Waals surface area contributed by atoms with E-state index in [0.717, 1.165) is 42.0 Å². The topological polar surface area (TPSA) is 34.6 Å². The van der Waals surface area contributed by atoms with E-state index in [0.29, 0.717) is 11.8 Å². The molecule has 1 fully saturated rings. The number of allylic oxidation sites excluding steroid dienone is 1. The third kappa shape index (κ3) is 4.42. The Morgan fingerprint density at radius 3 is 2.69 bits per heavy atom. The van der Waals surface area contributed by atoms with Gasteiger partial charge < -0.3 is 14.4 Å². The molecule has 5 rings (SSSR count). The van der Waals surface area contributed by atoms with Crippen LogP contribution < -0.4 is 9.47 Å². The van der Waals surface area contributed by atoms with Crippen molar-refractivity contribution in [2.45, 2.75) is 31.6 Å². The van der Waals surface area contributed by atoms with Crippen molar-refractivity contribution >= 4 is 5.57 Å². The highest BCUT2D eigenvalue weighted by molar-refractivity contribution is 5.74. The van der Waals surface area contributed by atoms with Gasteiger partial charge in [-0.05, 0) is 73.7 Å². The van der Waals surface area contributed by atoms with Gasteiger partial charge in [-0.15, -0.1) is 0 Å². The molecule has 4 nitrogen and oxygen atoms in total. The van der Waals surface area contributed by atoms with Gasteiger partial charge in [0.2, 0.25) is 5.88 Å². The molecule has 1 saturated heterocycles. The molecule has 4 heteroatoms. The van der Waals surface area contributed by atoms with Gasteiger partial charge in [0.15, 0.2) is 0 Å². The Hall–Kier alpha value is -3.11. The molecule has 0 radical (unpaired) electrons. The van der Waals surface area contributed by atoms with Gasteiger partial charge in [-0.25, -0.2) is 4.98 Å². The number of hydrogen-bond acceptors (Lipinski definition) is 4. The van der Waals surface area contributed by atoms with Crippen molar-refractivity contribution in [1.82, 2.24) is 9.88 Å². The van der Waals surface area contributed by atoms with Crippen molar-refractivity contribution in [2.24, 2.45) is 0 Å². The lowest BCUT2D eigenvalue weighted by atomic mass is 9.89. The van der Waals surface area contributed by atoms with Gasteiger partial charge in [0, 0.05) is 30.3 Å². The molecule has 0 bridgehead atoms. The quantitative estimate of drug-likeness (QED) is 0.494. The molecule has 0 atom stereocenters. The number of nitrogens with zero attached hydrogens (tertiary/aromatic N) is 2. The molecule has 2 aromatic carbocycles. The minimum absolute atomic E-state index is 0.675. The van der Waals surface area contributed by atoms with Crippen molar-refractivity contribution < 1.29 is 9.47 Å². The number of piperidine rings is 1. The minimum Gasteiger partial charge on any atom is -0.496 e. The largest absolute Gasteiger partial charge is 0.496 e. The Labute approximate surface area is 190 Å². The molecule has 3 aromatic rings. The van der Waals surface area contributed by atoms with Crippen molar-refractivity contribution in [2.75, 3.05) is 26.7 Å². The van der Waals surface area contributed by atoms with Crippen LogP contribution >= 0.6 is 0 Å². The number of aromatic nitrogens is 1. The predicted molar refractivity (Wildman–Crippen MR) is 128 cm³/mol. The van der Waals surface area contributed by atoms with E-state index in [1.165, 1.54) is 37.1 Å². The van der Waals surface area contributed by atoms with E-state index in [2.05, 4.69) is 52.4 Å². The second kappa shape index (κ2) is 9.58. The van der Waals surface area contributed by atoms with E-state index >= 15 is 0 Å². The van der Waals surface area contributed by atoms with Crippen molar-refractivity contribution in [3.05, 3.63) is 89.6 Å². The van der Waals surface area contributed by atoms with E-state index in [4.69, 9.17) is 9.47 Å². The molecule has 164 valence electrons. The van der Waals surface area contributed by atoms with E-state index in [-0.39, 0.29) is 0 Å². The van der Waals surface area contributed by atoms with E-state index in [9.17, 15) is 0 Å². The summed E-state index contributed by atoms with van der Waals surface area (Å²) in [5, 5.41) is 0. The summed E-state index contributed by atoms with van der Waals surface area (Å²) in [6.45, 7) is 3.42. The molecule has 3 heterocycles. The summed E-state index contributed by atoms with van der Waals surface area (Å²) < 4.78 is 11.8. The maximum absolute atomic E-state index is 6.18. The fourth-order valence-corrected chi connectivity index (χ4v) is 4.93. The van der Waals surface area contributed by atoms with Crippen molar-refractivity contribution in [3.8, 4) is 17.4 Å². The number of ether oxygens (including phenoxy) is 2. The lowest BCUT2D eigenvalue weighted by Crippen LogP contribution is -2.33. The summed E-state index contributed by atoms with van der Waals surface area (Å²) in [5.74, 6) is 3.07. The van der Waals surface area contributed by atoms with E-state index < -0.39 is 0 Å². The maximum atomic E-state index is 6.18. The molecule has 0 spiro atoms. The molecular formula is C28H30N2O2. The third-order valence-corrected chi connectivity index (χ3v) is 6.70. The zero-order valence-electron chi connectivity index (χ0n) is 18.7. The summed E-state index contributed by atoms with van der Waals surface area (Å²) in [4.78, 5) is 7.10. The van der Waals surface area contributed by atoms with Gasteiger partial charge in [-0.2, -0.15) is 0 Å². The molecule has 0 unspecified atom stereocenters. The first-order chi connectivity index (χ1) is 15.8. The lowest BCUT2D eigenvalue weighted by Gasteiger charge is -2.32. The number of methoxy groups -OCH3 is 1. The van der Waals surface area contributed by atoms with Crippen LogP contribution in [-0.2, 0) is 6.42 Å². The Bertz CT molecular complexity index is 1090. The average molecular weight is 427 g/mol. The van der Waals surface area contributed by atoms with Crippen LogP contribution in [0.4, 0.5) is 0 Å². The Morgan fingerprint density at radius 1 is 1.03 bits per heavy atom. The fraction of sp³-hybridized carbons (Fsp3) is 0.321. The second-order valence-corrected chi connectivity index (χ2v) is 8.62. The van der Waals surface area contributed by atoms with Crippen LogP contribution in [0.3, 0.4) is 0 Å². The highest BCUT2D eigenvalue weighted by Gasteiger charge is 2.23. The Balaban J connectivity index is 1.28. The van der Waals surface area contributed by atoms with Gasteiger partial charge in [0.25, 0.3) is 0 Å². The molecule has 2 aliphatic heterocycles. The summed E-state index contributed by atoms with van der Waals surface area (Å²) in [6.07, 6.45) is 8.45. The van der Waals surface area contributed by atoms with Crippen LogP contribution in [-0.4, -0.2) is 36.6 Å². The van der Waals surface area contributed by atoms with Gasteiger partial charge in [0.1, 0.15) is 11.5 Å². The third-order valence-electron chi connectivity index (χ3n) is 6.70. The monoisotopic (exact) mass is 426 g/mol. The van der Waals surface area contributed by atoms with Crippen LogP contribution in [0, 0.1) is 0 Å². The van der Waals surface area contributed by atoms with Gasteiger partial charge in [-0.3, -0.25) is 0 Å². The van der Waals surface area contributed by atoms with Gasteiger partial charge in [0.05, 0.1) is 7.11 Å². The lowest BCUT2D eigenvalue weighted by molar-refractivity contribution is 0.216. The summed E-state index contributed by atoms with van der Waals surface area (Å²) in [5.41, 5.74) is 4.91. The van der Waals surface area contributed by atoms with Gasteiger partial charge in [-0.1, -0.05) is 42.5 Å². The number of pyridine rings is 1. The Morgan fingerprint density at radius 2 is 1.88 bits per heavy atom. The summed E-state index contributed by atoms with van der Waals surface area (Å²) in [6, 6.07) is 21.0. The number of benzene rings is 2. The van der Waals surface area contributed by atoms with Crippen molar-refractivity contribution in [3.63, 3.8) is 0 Å². The molecular weight excluding hydrogens is 396 g/mol. The van der Waals surface area contributed by atoms with E-state index in [1.807, 2.05) is 24.3 Å². The summed E-state index contributed by atoms with van der Waals surface area (Å²) in [7, 11) is 1.72. The zero-order chi connectivity index (χ0) is 21.8. The van der Waals surface area contributed by atoms with Crippen LogP contribution in [0.5, 0.6) is 17.4 Å². The fourth-order valence-electron chi connectivity index (χ4n) is 4.93. The average Bonchev–Trinajstić information content (AvgIpc) is 3.01. The normalized spacial score (nSPS) is 17.8. The van der Waals surface area contributed by atoms with E-state index in [1.54, 1.807) is 13.3 Å². The summed E-state index contributed by atoms with van der Waals surface area (Å²) >= 11 is 0. The van der Waals surface area contributed by atoms with Crippen LogP contribution in [0.2, 0.25) is 0 Å². The van der Waals surface area contributed by atoms with Gasteiger partial charge >= 0.3 is 0 Å². The molecule has 2 aliphatic rings. The number of hydrogen-bond donors (Lipinski definition) is 0. The standard InChI is InChI=1S/C28H30N2O2/c1-31-26-12-5-13-27-25(26)20-23(24-11-6-16-29-28(24)32-27)10-7-17-30-18-14-22(15-19-30)21-8-3-2-4-9-21/h2-6,8-13,16,22H,7,14-15,17-20H2,1H3/b23-10-. The Kier molecular flexibility index (Phi) is 6.22. The molecule has 32 heavy (non-hydrogen) atoms. The zero-order valence-corrected chi connectivity index (χ0v) is 18.7. The SMILES string of the molecule is COc1cccc2c1C/C(=C/CCN1CCC(c3ccccc3)CC1)c1cccnc1O2. The van der Waals surface area contributed by atoms with Crippen LogP contribution in [0.15, 0.2) is 72.9 Å². The van der Waals surface area contributed by atoms with Crippen LogP contribution in [0.25, 0.3) is 5.57 Å². The van der Waals surface area contributed by atoms with Crippen LogP contribution in [0.1, 0.15) is 41.9 Å². The second-order valence-electron chi connectivity index (χ2n) is 8.62. The molecule has 1 aromatic heterocycles. The first-order valence-electron chi connectivity index (χ1n) is 11.6. The highest BCUT2D eigenvalue weighted by Crippen LogP contribution is 2.41. The molecule has 0 aliphatic carbocycles. The maximum Gasteiger partial charge on any atom is 0.226 e. The highest BCUT2D eigenvalue weighted by atomic mass is 16.5. The molecule has 0 amide bonds. The number of likely N-dealkylation sites (tertiary alicyclic amines) is 1. The number of fused-ring (bicyclic) bond motifs is 2. The smallest absolute Gasteiger partial charge is 0.226 e.